The second-order valence-electron chi connectivity index (χ2n) is 8.44. The maximum Gasteiger partial charge on any atom is 0.236 e. The van der Waals surface area contributed by atoms with Gasteiger partial charge in [-0.2, -0.15) is 0 Å². The first-order valence-electron chi connectivity index (χ1n) is 9.88. The minimum atomic E-state index is 0.184. The number of carbonyl (C=O) groups is 1. The number of nitrogens with zero attached hydrogens (tertiary/aromatic N) is 3. The van der Waals surface area contributed by atoms with E-state index in [2.05, 4.69) is 40.1 Å². The summed E-state index contributed by atoms with van der Waals surface area (Å²) >= 11 is 0. The van der Waals surface area contributed by atoms with Gasteiger partial charge in [-0.25, -0.2) is 0 Å². The Balaban J connectivity index is 1.56. The first-order valence-corrected chi connectivity index (χ1v) is 9.88. The molecule has 1 aromatic carbocycles. The van der Waals surface area contributed by atoms with E-state index in [4.69, 9.17) is 4.74 Å². The van der Waals surface area contributed by atoms with Crippen LogP contribution in [0.4, 0.5) is 0 Å². The molecule has 3 aliphatic heterocycles. The fourth-order valence-corrected chi connectivity index (χ4v) is 5.15. The molecule has 26 heavy (non-hydrogen) atoms. The average Bonchev–Trinajstić information content (AvgIpc) is 3.29. The van der Waals surface area contributed by atoms with Crippen LogP contribution in [0.1, 0.15) is 18.4 Å². The molecule has 0 saturated carbocycles. The lowest BCUT2D eigenvalue weighted by atomic mass is 9.67. The highest BCUT2D eigenvalue weighted by atomic mass is 16.5. The molecular weight excluding hydrogens is 326 g/mol. The smallest absolute Gasteiger partial charge is 0.236 e. The predicted octanol–water partition coefficient (Wildman–Crippen LogP) is 1.44. The molecule has 0 spiro atoms. The summed E-state index contributed by atoms with van der Waals surface area (Å²) in [6, 6.07) is 11.6. The summed E-state index contributed by atoms with van der Waals surface area (Å²) in [5.41, 5.74) is 1.64. The number of likely N-dealkylation sites (tertiary alicyclic amines) is 2. The van der Waals surface area contributed by atoms with Crippen LogP contribution < -0.4 is 0 Å². The number of rotatable bonds is 4. The monoisotopic (exact) mass is 357 g/mol. The molecule has 3 saturated heterocycles. The fraction of sp³-hybridized carbons (Fsp3) is 0.667. The van der Waals surface area contributed by atoms with E-state index in [1.807, 2.05) is 14.1 Å². The highest BCUT2D eigenvalue weighted by Gasteiger charge is 2.51. The van der Waals surface area contributed by atoms with Crippen molar-refractivity contribution in [3.8, 4) is 0 Å². The number of piperidine rings is 1. The lowest BCUT2D eigenvalue weighted by molar-refractivity contribution is -0.129. The number of fused-ring (bicyclic) bond motifs is 1. The summed E-state index contributed by atoms with van der Waals surface area (Å²) < 4.78 is 5.63. The molecule has 3 atom stereocenters. The number of carbonyl (C=O) groups excluding carboxylic acids is 1. The molecule has 0 unspecified atom stereocenters. The molecule has 5 heteroatoms. The Hall–Kier alpha value is -1.43. The van der Waals surface area contributed by atoms with Crippen LogP contribution in [-0.4, -0.2) is 86.7 Å². The SMILES string of the molecule is CN(C)C(=O)CN1C[C@@H]2CN([C@H]3CCOC3)CC[C@@]2(c2ccccc2)C1. The molecule has 142 valence electrons. The highest BCUT2D eigenvalue weighted by Crippen LogP contribution is 2.45. The molecule has 3 fully saturated rings. The van der Waals surface area contributed by atoms with Gasteiger partial charge in [-0.05, 0) is 30.9 Å². The van der Waals surface area contributed by atoms with E-state index in [9.17, 15) is 4.79 Å². The van der Waals surface area contributed by atoms with Gasteiger partial charge >= 0.3 is 0 Å². The Morgan fingerprint density at radius 1 is 1.27 bits per heavy atom. The third-order valence-corrected chi connectivity index (χ3v) is 6.69. The normalized spacial score (nSPS) is 32.5. The predicted molar refractivity (Wildman–Crippen MR) is 102 cm³/mol. The fourth-order valence-electron chi connectivity index (χ4n) is 5.15. The van der Waals surface area contributed by atoms with Gasteiger partial charge in [0.25, 0.3) is 0 Å². The van der Waals surface area contributed by atoms with Gasteiger partial charge in [0, 0.05) is 51.8 Å². The number of likely N-dealkylation sites (N-methyl/N-ethyl adjacent to an activating group) is 1. The summed E-state index contributed by atoms with van der Waals surface area (Å²) in [5, 5.41) is 0. The Labute approximate surface area is 156 Å². The van der Waals surface area contributed by atoms with Crippen molar-refractivity contribution in [1.82, 2.24) is 14.7 Å². The molecule has 0 radical (unpaired) electrons. The van der Waals surface area contributed by atoms with E-state index in [0.717, 1.165) is 45.8 Å². The zero-order valence-corrected chi connectivity index (χ0v) is 16.1. The quantitative estimate of drug-likeness (QED) is 0.817. The molecule has 1 aromatic rings. The number of amides is 1. The Kier molecular flexibility index (Phi) is 5.04. The lowest BCUT2D eigenvalue weighted by Crippen LogP contribution is -2.52. The molecular formula is C21H31N3O2. The van der Waals surface area contributed by atoms with Crippen LogP contribution in [0.3, 0.4) is 0 Å². The Bertz CT molecular complexity index is 629. The van der Waals surface area contributed by atoms with Crippen LogP contribution in [0.25, 0.3) is 0 Å². The topological polar surface area (TPSA) is 36.0 Å². The van der Waals surface area contributed by atoms with Gasteiger partial charge in [0.05, 0.1) is 13.2 Å². The van der Waals surface area contributed by atoms with E-state index in [-0.39, 0.29) is 11.3 Å². The van der Waals surface area contributed by atoms with Gasteiger partial charge in [-0.3, -0.25) is 14.6 Å². The molecule has 0 bridgehead atoms. The van der Waals surface area contributed by atoms with Gasteiger partial charge in [-0.1, -0.05) is 30.3 Å². The zero-order valence-electron chi connectivity index (χ0n) is 16.1. The molecule has 3 heterocycles. The summed E-state index contributed by atoms with van der Waals surface area (Å²) in [7, 11) is 3.69. The van der Waals surface area contributed by atoms with E-state index >= 15 is 0 Å². The van der Waals surface area contributed by atoms with Crippen molar-refractivity contribution in [2.45, 2.75) is 24.3 Å². The highest BCUT2D eigenvalue weighted by molar-refractivity contribution is 5.77. The van der Waals surface area contributed by atoms with Crippen LogP contribution in [0.2, 0.25) is 0 Å². The third-order valence-electron chi connectivity index (χ3n) is 6.69. The van der Waals surface area contributed by atoms with Gasteiger partial charge in [-0.15, -0.1) is 0 Å². The molecule has 1 amide bonds. The molecule has 0 N–H and O–H groups in total. The standard InChI is InChI=1S/C21H31N3O2/c1-22(2)20(25)14-23-12-18-13-24(19-8-11-26-15-19)10-9-21(18,16-23)17-6-4-3-5-7-17/h3-7,18-19H,8-16H2,1-2H3/t18-,19+,21+/m1/s1. The van der Waals surface area contributed by atoms with Crippen LogP contribution in [0.15, 0.2) is 30.3 Å². The second-order valence-corrected chi connectivity index (χ2v) is 8.44. The van der Waals surface area contributed by atoms with Crippen molar-refractivity contribution in [1.29, 1.82) is 0 Å². The van der Waals surface area contributed by atoms with Crippen molar-refractivity contribution in [3.05, 3.63) is 35.9 Å². The first kappa shape index (κ1) is 18.0. The summed E-state index contributed by atoms with van der Waals surface area (Å²) in [4.78, 5) is 19.0. The van der Waals surface area contributed by atoms with Crippen molar-refractivity contribution in [2.75, 3.05) is 60.0 Å². The third kappa shape index (κ3) is 3.28. The van der Waals surface area contributed by atoms with Crippen LogP contribution in [0.5, 0.6) is 0 Å². The molecule has 0 aliphatic carbocycles. The number of hydrogen-bond donors (Lipinski definition) is 0. The molecule has 0 aromatic heterocycles. The minimum absolute atomic E-state index is 0.184. The first-order chi connectivity index (χ1) is 12.6. The van der Waals surface area contributed by atoms with E-state index in [1.165, 1.54) is 12.0 Å². The number of benzene rings is 1. The van der Waals surface area contributed by atoms with Crippen molar-refractivity contribution in [3.63, 3.8) is 0 Å². The Morgan fingerprint density at radius 2 is 2.08 bits per heavy atom. The average molecular weight is 357 g/mol. The molecule has 3 aliphatic rings. The largest absolute Gasteiger partial charge is 0.380 e. The van der Waals surface area contributed by atoms with Gasteiger partial charge in [0.1, 0.15) is 0 Å². The van der Waals surface area contributed by atoms with Crippen molar-refractivity contribution >= 4 is 5.91 Å². The molecule has 4 rings (SSSR count). The minimum Gasteiger partial charge on any atom is -0.380 e. The maximum absolute atomic E-state index is 12.3. The van der Waals surface area contributed by atoms with Crippen LogP contribution in [-0.2, 0) is 14.9 Å². The molecule has 5 nitrogen and oxygen atoms in total. The van der Waals surface area contributed by atoms with E-state index in [1.54, 1.807) is 4.90 Å². The van der Waals surface area contributed by atoms with Gasteiger partial charge in [0.2, 0.25) is 5.91 Å². The number of hydrogen-bond acceptors (Lipinski definition) is 4. The van der Waals surface area contributed by atoms with E-state index in [0.29, 0.717) is 18.5 Å². The van der Waals surface area contributed by atoms with E-state index < -0.39 is 0 Å². The summed E-state index contributed by atoms with van der Waals surface area (Å²) in [6.07, 6.45) is 2.33. The van der Waals surface area contributed by atoms with Gasteiger partial charge < -0.3 is 9.64 Å². The van der Waals surface area contributed by atoms with Crippen LogP contribution >= 0.6 is 0 Å². The van der Waals surface area contributed by atoms with Crippen molar-refractivity contribution in [2.24, 2.45) is 5.92 Å². The lowest BCUT2D eigenvalue weighted by Gasteiger charge is -2.45. The van der Waals surface area contributed by atoms with Crippen LogP contribution in [0, 0.1) is 5.92 Å². The summed E-state index contributed by atoms with van der Waals surface area (Å²) in [6.45, 7) is 6.58. The number of ether oxygens (including phenoxy) is 1. The van der Waals surface area contributed by atoms with Gasteiger partial charge in [0.15, 0.2) is 0 Å². The summed E-state index contributed by atoms with van der Waals surface area (Å²) in [5.74, 6) is 0.780. The second kappa shape index (κ2) is 7.29. The maximum atomic E-state index is 12.3. The van der Waals surface area contributed by atoms with Crippen molar-refractivity contribution < 1.29 is 9.53 Å². The zero-order chi connectivity index (χ0) is 18.1. The Morgan fingerprint density at radius 3 is 2.77 bits per heavy atom.